The van der Waals surface area contributed by atoms with Crippen LogP contribution in [-0.2, 0) is 11.3 Å². The summed E-state index contributed by atoms with van der Waals surface area (Å²) < 4.78 is 0. The molecule has 5 heteroatoms. The van der Waals surface area contributed by atoms with E-state index in [1.54, 1.807) is 32.0 Å². The van der Waals surface area contributed by atoms with Crippen molar-refractivity contribution in [3.63, 3.8) is 0 Å². The highest BCUT2D eigenvalue weighted by Crippen LogP contribution is 2.23. The molecule has 1 aromatic carbocycles. The third-order valence-electron chi connectivity index (χ3n) is 2.63. The van der Waals surface area contributed by atoms with Crippen molar-refractivity contribution in [3.05, 3.63) is 33.8 Å². The SMILES string of the molecule is CCC(=O)N(Cc1ccc(Cl)cc1Cl)C(C)C#N. The van der Waals surface area contributed by atoms with Gasteiger partial charge in [0.15, 0.2) is 0 Å². The molecule has 0 aliphatic carbocycles. The number of nitriles is 1. The fraction of sp³-hybridized carbons (Fsp3) is 0.385. The van der Waals surface area contributed by atoms with Crippen molar-refractivity contribution < 1.29 is 4.79 Å². The predicted octanol–water partition coefficient (Wildman–Crippen LogP) is 3.64. The minimum absolute atomic E-state index is 0.0740. The lowest BCUT2D eigenvalue weighted by Gasteiger charge is -2.25. The van der Waals surface area contributed by atoms with Crippen molar-refractivity contribution in [1.82, 2.24) is 4.90 Å². The lowest BCUT2D eigenvalue weighted by atomic mass is 10.1. The number of hydrogen-bond acceptors (Lipinski definition) is 2. The number of carbonyl (C=O) groups excluding carboxylic acids is 1. The first-order valence-corrected chi connectivity index (χ1v) is 6.38. The van der Waals surface area contributed by atoms with Gasteiger partial charge in [0.05, 0.1) is 6.07 Å². The molecule has 0 spiro atoms. The van der Waals surface area contributed by atoms with Gasteiger partial charge in [-0.1, -0.05) is 36.2 Å². The Hall–Kier alpha value is -1.24. The Balaban J connectivity index is 2.96. The van der Waals surface area contributed by atoms with E-state index in [1.165, 1.54) is 4.90 Å². The van der Waals surface area contributed by atoms with Crippen LogP contribution in [0.5, 0.6) is 0 Å². The van der Waals surface area contributed by atoms with Crippen LogP contribution in [0, 0.1) is 11.3 Å². The van der Waals surface area contributed by atoms with Gasteiger partial charge in [-0.05, 0) is 24.6 Å². The van der Waals surface area contributed by atoms with E-state index in [4.69, 9.17) is 28.5 Å². The largest absolute Gasteiger partial charge is 0.323 e. The Bertz CT molecular complexity index is 482. The summed E-state index contributed by atoms with van der Waals surface area (Å²) in [7, 11) is 0. The molecule has 0 fully saturated rings. The third kappa shape index (κ3) is 3.63. The topological polar surface area (TPSA) is 44.1 Å². The maximum Gasteiger partial charge on any atom is 0.223 e. The highest BCUT2D eigenvalue weighted by atomic mass is 35.5. The number of carbonyl (C=O) groups is 1. The van der Waals surface area contributed by atoms with Gasteiger partial charge in [0.1, 0.15) is 6.04 Å². The van der Waals surface area contributed by atoms with Crippen LogP contribution in [0.25, 0.3) is 0 Å². The molecule has 1 amide bonds. The molecular formula is C13H14Cl2N2O. The minimum atomic E-state index is -0.482. The van der Waals surface area contributed by atoms with E-state index < -0.39 is 6.04 Å². The summed E-state index contributed by atoms with van der Waals surface area (Å²) in [6.07, 6.45) is 0.358. The molecule has 0 radical (unpaired) electrons. The Morgan fingerprint density at radius 1 is 1.50 bits per heavy atom. The number of nitrogens with zero attached hydrogens (tertiary/aromatic N) is 2. The van der Waals surface area contributed by atoms with Gasteiger partial charge in [-0.2, -0.15) is 5.26 Å². The standard InChI is InChI=1S/C13H14Cl2N2O/c1-3-13(18)17(9(2)7-16)8-10-4-5-11(14)6-12(10)15/h4-6,9H,3,8H2,1-2H3. The smallest absolute Gasteiger partial charge is 0.223 e. The number of amides is 1. The Morgan fingerprint density at radius 2 is 2.17 bits per heavy atom. The molecule has 0 aliphatic heterocycles. The van der Waals surface area contributed by atoms with Gasteiger partial charge in [0.2, 0.25) is 5.91 Å². The first-order valence-electron chi connectivity index (χ1n) is 5.62. The molecule has 18 heavy (non-hydrogen) atoms. The lowest BCUT2D eigenvalue weighted by molar-refractivity contribution is -0.132. The number of hydrogen-bond donors (Lipinski definition) is 0. The van der Waals surface area contributed by atoms with Crippen LogP contribution in [0.15, 0.2) is 18.2 Å². The van der Waals surface area contributed by atoms with Gasteiger partial charge >= 0.3 is 0 Å². The highest BCUT2D eigenvalue weighted by molar-refractivity contribution is 6.35. The molecule has 0 bridgehead atoms. The maximum absolute atomic E-state index is 11.8. The van der Waals surface area contributed by atoms with E-state index in [-0.39, 0.29) is 5.91 Å². The zero-order valence-corrected chi connectivity index (χ0v) is 11.8. The van der Waals surface area contributed by atoms with E-state index >= 15 is 0 Å². The quantitative estimate of drug-likeness (QED) is 0.847. The second-order valence-corrected chi connectivity index (χ2v) is 4.76. The predicted molar refractivity (Wildman–Crippen MR) is 72.4 cm³/mol. The Labute approximate surface area is 117 Å². The van der Waals surface area contributed by atoms with E-state index in [0.717, 1.165) is 5.56 Å². The molecular weight excluding hydrogens is 271 g/mol. The lowest BCUT2D eigenvalue weighted by Crippen LogP contribution is -2.36. The van der Waals surface area contributed by atoms with Crippen LogP contribution in [0.2, 0.25) is 10.0 Å². The molecule has 1 atom stereocenters. The molecule has 0 saturated heterocycles. The first-order chi connectivity index (χ1) is 8.49. The van der Waals surface area contributed by atoms with Crippen molar-refractivity contribution in [1.29, 1.82) is 5.26 Å². The highest BCUT2D eigenvalue weighted by Gasteiger charge is 2.19. The van der Waals surface area contributed by atoms with Crippen LogP contribution in [0.1, 0.15) is 25.8 Å². The van der Waals surface area contributed by atoms with Gasteiger partial charge in [0, 0.05) is 23.0 Å². The Kier molecular flexibility index (Phi) is 5.46. The normalized spacial score (nSPS) is 11.7. The van der Waals surface area contributed by atoms with Gasteiger partial charge in [-0.15, -0.1) is 0 Å². The van der Waals surface area contributed by atoms with Gasteiger partial charge in [0.25, 0.3) is 0 Å². The molecule has 0 N–H and O–H groups in total. The number of halogens is 2. The summed E-state index contributed by atoms with van der Waals surface area (Å²) in [5.74, 6) is -0.0740. The van der Waals surface area contributed by atoms with Crippen molar-refractivity contribution in [2.45, 2.75) is 32.9 Å². The van der Waals surface area contributed by atoms with E-state index in [1.807, 2.05) is 0 Å². The van der Waals surface area contributed by atoms with Crippen molar-refractivity contribution in [2.24, 2.45) is 0 Å². The molecule has 0 heterocycles. The molecule has 3 nitrogen and oxygen atoms in total. The summed E-state index contributed by atoms with van der Waals surface area (Å²) >= 11 is 11.9. The maximum atomic E-state index is 11.8. The second-order valence-electron chi connectivity index (χ2n) is 3.92. The summed E-state index contributed by atoms with van der Waals surface area (Å²) in [6, 6.07) is 6.70. The van der Waals surface area contributed by atoms with Gasteiger partial charge < -0.3 is 4.90 Å². The van der Waals surface area contributed by atoms with Gasteiger partial charge in [-0.25, -0.2) is 0 Å². The van der Waals surface area contributed by atoms with E-state index in [2.05, 4.69) is 6.07 Å². The van der Waals surface area contributed by atoms with Crippen LogP contribution >= 0.6 is 23.2 Å². The van der Waals surface area contributed by atoms with Crippen LogP contribution in [0.4, 0.5) is 0 Å². The molecule has 96 valence electrons. The fourth-order valence-corrected chi connectivity index (χ4v) is 2.02. The molecule has 1 rings (SSSR count). The second kappa shape index (κ2) is 6.63. The molecule has 1 aromatic rings. The summed E-state index contributed by atoms with van der Waals surface area (Å²) in [5, 5.41) is 9.99. The average molecular weight is 285 g/mol. The fourth-order valence-electron chi connectivity index (χ4n) is 1.55. The summed E-state index contributed by atoms with van der Waals surface area (Å²) in [5.41, 5.74) is 0.782. The Morgan fingerprint density at radius 3 is 2.67 bits per heavy atom. The van der Waals surface area contributed by atoms with Crippen LogP contribution in [0.3, 0.4) is 0 Å². The molecule has 1 unspecified atom stereocenters. The van der Waals surface area contributed by atoms with Crippen LogP contribution < -0.4 is 0 Å². The molecule has 0 aliphatic rings. The summed E-state index contributed by atoms with van der Waals surface area (Å²) in [6.45, 7) is 3.78. The first kappa shape index (κ1) is 14.8. The van der Waals surface area contributed by atoms with Crippen LogP contribution in [-0.4, -0.2) is 16.8 Å². The number of benzene rings is 1. The third-order valence-corrected chi connectivity index (χ3v) is 3.22. The van der Waals surface area contributed by atoms with Crippen molar-refractivity contribution >= 4 is 29.1 Å². The number of rotatable bonds is 4. The molecule has 0 saturated carbocycles. The zero-order chi connectivity index (χ0) is 13.7. The van der Waals surface area contributed by atoms with Crippen molar-refractivity contribution in [3.8, 4) is 6.07 Å². The minimum Gasteiger partial charge on any atom is -0.323 e. The van der Waals surface area contributed by atoms with E-state index in [9.17, 15) is 4.79 Å². The monoisotopic (exact) mass is 284 g/mol. The van der Waals surface area contributed by atoms with E-state index in [0.29, 0.717) is 23.0 Å². The average Bonchev–Trinajstić information content (AvgIpc) is 2.36. The molecule has 0 aromatic heterocycles. The van der Waals surface area contributed by atoms with Gasteiger partial charge in [-0.3, -0.25) is 4.79 Å². The van der Waals surface area contributed by atoms with Crippen molar-refractivity contribution in [2.75, 3.05) is 0 Å². The summed E-state index contributed by atoms with van der Waals surface area (Å²) in [4.78, 5) is 13.3. The zero-order valence-electron chi connectivity index (χ0n) is 10.3.